The van der Waals surface area contributed by atoms with Crippen LogP contribution in [-0.4, -0.2) is 26.2 Å². The molecule has 3 nitrogen and oxygen atoms in total. The summed E-state index contributed by atoms with van der Waals surface area (Å²) in [6.07, 6.45) is -0.0850. The van der Waals surface area contributed by atoms with Crippen molar-refractivity contribution in [3.8, 4) is 0 Å². The Balaban J connectivity index is 3.83. The normalized spacial score (nSPS) is 11.0. The lowest BCUT2D eigenvalue weighted by atomic mass is 10.4. The van der Waals surface area contributed by atoms with Gasteiger partial charge in [-0.3, -0.25) is 0 Å². The molecule has 0 aliphatic carbocycles. The van der Waals surface area contributed by atoms with Crippen LogP contribution in [0.1, 0.15) is 6.92 Å². The highest BCUT2D eigenvalue weighted by atomic mass is 35.7. The number of ether oxygens (including phenoxy) is 1. The van der Waals surface area contributed by atoms with E-state index in [-0.39, 0.29) is 6.23 Å². The van der Waals surface area contributed by atoms with Gasteiger partial charge in [-0.1, -0.05) is 6.58 Å². The van der Waals surface area contributed by atoms with Gasteiger partial charge in [-0.15, -0.1) is 22.2 Å². The number of hydrogen-bond acceptors (Lipinski definition) is 3. The number of rotatable bonds is 4. The van der Waals surface area contributed by atoms with Crippen molar-refractivity contribution < 1.29 is 14.0 Å². The average molecular weight is 229 g/mol. The van der Waals surface area contributed by atoms with Gasteiger partial charge in [-0.05, 0) is 6.92 Å². The molecule has 0 amide bonds. The first-order valence-electron chi connectivity index (χ1n) is 3.14. The van der Waals surface area contributed by atoms with Gasteiger partial charge in [-0.2, -0.15) is 0 Å². The zero-order chi connectivity index (χ0) is 9.78. The van der Waals surface area contributed by atoms with Crippen LogP contribution in [0.15, 0.2) is 12.2 Å². The fraction of sp³-hybridized carbons (Fsp3) is 0.500. The van der Waals surface area contributed by atoms with E-state index in [9.17, 15) is 4.79 Å². The lowest BCUT2D eigenvalue weighted by molar-refractivity contribution is -0.137. The minimum Gasteiger partial charge on any atom is -0.460 e. The van der Waals surface area contributed by atoms with E-state index in [4.69, 9.17) is 31.3 Å². The maximum atomic E-state index is 10.8. The van der Waals surface area contributed by atoms with Crippen LogP contribution < -0.4 is 0 Å². The number of hydrogen-bond donors (Lipinski definition) is 0. The van der Waals surface area contributed by atoms with Gasteiger partial charge in [0.15, 0.2) is 0 Å². The van der Waals surface area contributed by atoms with Crippen LogP contribution in [-0.2, 0) is 14.0 Å². The number of halogens is 2. The van der Waals surface area contributed by atoms with Crippen molar-refractivity contribution in [1.29, 1.82) is 0 Å². The Morgan fingerprint density at radius 1 is 1.58 bits per heavy atom. The monoisotopic (exact) mass is 228 g/mol. The molecule has 0 rings (SSSR count). The highest BCUT2D eigenvalue weighted by Crippen LogP contribution is 2.15. The van der Waals surface area contributed by atoms with Crippen LogP contribution in [0.2, 0.25) is 0 Å². The van der Waals surface area contributed by atoms with Gasteiger partial charge in [0, 0.05) is 12.7 Å². The summed E-state index contributed by atoms with van der Waals surface area (Å²) in [6, 6.07) is 0. The van der Waals surface area contributed by atoms with Crippen LogP contribution in [0.4, 0.5) is 0 Å². The standard InChI is InChI=1S/C6H10Cl2O3Si/c1-5(2)6(9)11-4-12(7,8)10-3/h1,4H2,2-3H3. The predicted molar refractivity (Wildman–Crippen MR) is 50.2 cm³/mol. The van der Waals surface area contributed by atoms with Crippen molar-refractivity contribution >= 4 is 35.1 Å². The smallest absolute Gasteiger partial charge is 0.428 e. The van der Waals surface area contributed by atoms with Gasteiger partial charge in [0.25, 0.3) is 0 Å². The van der Waals surface area contributed by atoms with Crippen LogP contribution in [0.25, 0.3) is 0 Å². The highest BCUT2D eigenvalue weighted by molar-refractivity contribution is 7.42. The number of esters is 1. The Labute approximate surface area is 81.8 Å². The molecule has 0 aromatic heterocycles. The average Bonchev–Trinajstić information content (AvgIpc) is 2.00. The van der Waals surface area contributed by atoms with E-state index in [2.05, 4.69) is 6.58 Å². The summed E-state index contributed by atoms with van der Waals surface area (Å²) in [4.78, 5) is 10.8. The Morgan fingerprint density at radius 2 is 2.08 bits per heavy atom. The maximum absolute atomic E-state index is 10.8. The van der Waals surface area contributed by atoms with Gasteiger partial charge in [0.05, 0.1) is 0 Å². The molecular weight excluding hydrogens is 219 g/mol. The van der Waals surface area contributed by atoms with Crippen molar-refractivity contribution in [2.24, 2.45) is 0 Å². The molecular formula is C6H10Cl2O3Si. The molecule has 0 N–H and O–H groups in total. The molecule has 70 valence electrons. The van der Waals surface area contributed by atoms with Crippen LogP contribution >= 0.6 is 22.2 Å². The van der Waals surface area contributed by atoms with Crippen molar-refractivity contribution in [3.63, 3.8) is 0 Å². The van der Waals surface area contributed by atoms with Gasteiger partial charge in [0.1, 0.15) is 6.23 Å². The molecule has 0 saturated carbocycles. The molecule has 0 fully saturated rings. The van der Waals surface area contributed by atoms with E-state index < -0.39 is 12.9 Å². The number of carbonyl (C=O) groups is 1. The predicted octanol–water partition coefficient (Wildman–Crippen LogP) is 1.71. The molecule has 6 heteroatoms. The third kappa shape index (κ3) is 4.77. The van der Waals surface area contributed by atoms with Gasteiger partial charge in [-0.25, -0.2) is 4.79 Å². The Kier molecular flexibility index (Phi) is 4.85. The molecule has 0 saturated heterocycles. The molecule has 0 spiro atoms. The molecule has 0 unspecified atom stereocenters. The van der Waals surface area contributed by atoms with E-state index in [0.717, 1.165) is 0 Å². The molecule has 0 heterocycles. The zero-order valence-electron chi connectivity index (χ0n) is 6.89. The molecule has 0 bridgehead atoms. The van der Waals surface area contributed by atoms with Crippen molar-refractivity contribution in [2.45, 2.75) is 6.92 Å². The largest absolute Gasteiger partial charge is 0.460 e. The van der Waals surface area contributed by atoms with Crippen molar-refractivity contribution in [1.82, 2.24) is 0 Å². The summed E-state index contributed by atoms with van der Waals surface area (Å²) in [5.41, 5.74) is 0.309. The minimum atomic E-state index is -2.83. The second-order valence-electron chi connectivity index (χ2n) is 2.20. The van der Waals surface area contributed by atoms with E-state index in [0.29, 0.717) is 5.57 Å². The fourth-order valence-electron chi connectivity index (χ4n) is 0.332. The Morgan fingerprint density at radius 3 is 2.42 bits per heavy atom. The third-order valence-corrected chi connectivity index (χ3v) is 3.68. The Bertz CT molecular complexity index is 193. The summed E-state index contributed by atoms with van der Waals surface area (Å²) in [6.45, 7) is 2.11. The minimum absolute atomic E-state index is 0.0850. The van der Waals surface area contributed by atoms with E-state index in [1.54, 1.807) is 6.92 Å². The van der Waals surface area contributed by atoms with E-state index in [1.807, 2.05) is 0 Å². The molecule has 0 radical (unpaired) electrons. The summed E-state index contributed by atoms with van der Waals surface area (Å²) in [5.74, 6) is -0.509. The molecule has 0 aliphatic heterocycles. The summed E-state index contributed by atoms with van der Waals surface area (Å²) in [5, 5.41) is 0. The van der Waals surface area contributed by atoms with Crippen molar-refractivity contribution in [2.75, 3.05) is 13.3 Å². The summed E-state index contributed by atoms with van der Waals surface area (Å²) >= 11 is 11.3. The number of carbonyl (C=O) groups excluding carboxylic acids is 1. The lowest BCUT2D eigenvalue weighted by Gasteiger charge is -2.13. The topological polar surface area (TPSA) is 35.5 Å². The first kappa shape index (κ1) is 12.0. The lowest BCUT2D eigenvalue weighted by Crippen LogP contribution is -2.31. The Hall–Kier alpha value is -0.0331. The van der Waals surface area contributed by atoms with Gasteiger partial charge >= 0.3 is 12.9 Å². The zero-order valence-corrected chi connectivity index (χ0v) is 9.41. The van der Waals surface area contributed by atoms with E-state index >= 15 is 0 Å². The second kappa shape index (κ2) is 4.86. The highest BCUT2D eigenvalue weighted by Gasteiger charge is 2.31. The third-order valence-electron chi connectivity index (χ3n) is 1.02. The quantitative estimate of drug-likeness (QED) is 0.318. The van der Waals surface area contributed by atoms with Crippen LogP contribution in [0, 0.1) is 0 Å². The molecule has 0 atom stereocenters. The van der Waals surface area contributed by atoms with Crippen LogP contribution in [0.3, 0.4) is 0 Å². The van der Waals surface area contributed by atoms with Crippen molar-refractivity contribution in [3.05, 3.63) is 12.2 Å². The van der Waals surface area contributed by atoms with Gasteiger partial charge < -0.3 is 9.16 Å². The maximum Gasteiger partial charge on any atom is 0.428 e. The van der Waals surface area contributed by atoms with Crippen LogP contribution in [0.5, 0.6) is 0 Å². The molecule has 0 aliphatic rings. The van der Waals surface area contributed by atoms with E-state index in [1.165, 1.54) is 7.11 Å². The fourth-order valence-corrected chi connectivity index (χ4v) is 1.08. The summed E-state index contributed by atoms with van der Waals surface area (Å²) in [7, 11) is 1.38. The van der Waals surface area contributed by atoms with Gasteiger partial charge in [0.2, 0.25) is 0 Å². The first-order valence-corrected chi connectivity index (χ1v) is 7.28. The first-order chi connectivity index (χ1) is 5.39. The SMILES string of the molecule is C=C(C)C(=O)OC[Si](Cl)(Cl)OC. The second-order valence-corrected chi connectivity index (χ2v) is 8.41. The molecule has 0 aromatic carbocycles. The molecule has 0 aromatic rings. The summed E-state index contributed by atoms with van der Waals surface area (Å²) < 4.78 is 9.42. The molecule has 12 heavy (non-hydrogen) atoms.